The summed E-state index contributed by atoms with van der Waals surface area (Å²) in [5, 5.41) is 10.9. The Morgan fingerprint density at radius 2 is 2.14 bits per heavy atom. The second-order valence-corrected chi connectivity index (χ2v) is 11.4. The van der Waals surface area contributed by atoms with Crippen LogP contribution in [0, 0.1) is 12.3 Å². The summed E-state index contributed by atoms with van der Waals surface area (Å²) in [6, 6.07) is 12.4. The Labute approximate surface area is 214 Å². The highest BCUT2D eigenvalue weighted by Crippen LogP contribution is 2.69. The molecule has 6 rings (SSSR count). The average molecular weight is 485 g/mol. The van der Waals surface area contributed by atoms with Crippen molar-refractivity contribution in [3.05, 3.63) is 77.4 Å². The van der Waals surface area contributed by atoms with Crippen LogP contribution in [0.2, 0.25) is 0 Å². The zero-order valence-electron chi connectivity index (χ0n) is 21.5. The van der Waals surface area contributed by atoms with Crippen molar-refractivity contribution in [3.63, 3.8) is 0 Å². The Morgan fingerprint density at radius 3 is 2.92 bits per heavy atom. The van der Waals surface area contributed by atoms with Crippen molar-refractivity contribution in [2.24, 2.45) is 5.41 Å². The lowest BCUT2D eigenvalue weighted by Crippen LogP contribution is -2.73. The van der Waals surface area contributed by atoms with Crippen LogP contribution < -0.4 is 4.74 Å². The molecule has 0 unspecified atom stereocenters. The summed E-state index contributed by atoms with van der Waals surface area (Å²) in [5.74, 6) is 0.864. The maximum absolute atomic E-state index is 13.4. The molecule has 1 spiro atoms. The van der Waals surface area contributed by atoms with Gasteiger partial charge in [0.2, 0.25) is 5.91 Å². The number of likely N-dealkylation sites (N-methyl/N-ethyl adjacent to an activating group) is 1. The molecule has 5 nitrogen and oxygen atoms in total. The Balaban J connectivity index is 1.38. The highest BCUT2D eigenvalue weighted by molar-refractivity contribution is 5.92. The lowest BCUT2D eigenvalue weighted by atomic mass is 9.43. The molecule has 1 N–H and O–H groups in total. The topological polar surface area (TPSA) is 53.0 Å². The first-order valence-corrected chi connectivity index (χ1v) is 13.2. The number of hydrogen-bond acceptors (Lipinski definition) is 4. The molecule has 2 heterocycles. The number of amides is 1. The third kappa shape index (κ3) is 3.08. The van der Waals surface area contributed by atoms with Crippen molar-refractivity contribution >= 4 is 12.0 Å². The molecule has 1 saturated carbocycles. The van der Waals surface area contributed by atoms with Gasteiger partial charge < -0.3 is 14.7 Å². The number of likely N-dealkylation sites (tertiary alicyclic amines) is 1. The lowest BCUT2D eigenvalue weighted by Gasteiger charge is -2.66. The van der Waals surface area contributed by atoms with Crippen molar-refractivity contribution in [2.45, 2.75) is 63.1 Å². The van der Waals surface area contributed by atoms with Crippen molar-refractivity contribution in [1.82, 2.24) is 9.80 Å². The van der Waals surface area contributed by atoms with Gasteiger partial charge in [-0.25, -0.2) is 0 Å². The van der Waals surface area contributed by atoms with Gasteiger partial charge in [-0.15, -0.1) is 6.58 Å². The zero-order valence-corrected chi connectivity index (χ0v) is 21.5. The number of rotatable bonds is 5. The molecule has 188 valence electrons. The van der Waals surface area contributed by atoms with E-state index in [2.05, 4.69) is 43.5 Å². The first kappa shape index (κ1) is 23.4. The molecule has 36 heavy (non-hydrogen) atoms. The van der Waals surface area contributed by atoms with Crippen LogP contribution >= 0.6 is 0 Å². The van der Waals surface area contributed by atoms with Gasteiger partial charge in [0, 0.05) is 36.7 Å². The molecule has 2 aromatic carbocycles. The van der Waals surface area contributed by atoms with Crippen LogP contribution in [0.1, 0.15) is 48.4 Å². The summed E-state index contributed by atoms with van der Waals surface area (Å²) in [6.45, 7) is 10.4. The van der Waals surface area contributed by atoms with Gasteiger partial charge in [0.15, 0.2) is 11.5 Å². The van der Waals surface area contributed by atoms with Crippen LogP contribution in [0.4, 0.5) is 0 Å². The summed E-state index contributed by atoms with van der Waals surface area (Å²) in [4.78, 5) is 17.9. The van der Waals surface area contributed by atoms with E-state index in [1.807, 2.05) is 36.2 Å². The van der Waals surface area contributed by atoms with E-state index in [1.54, 1.807) is 12.1 Å². The van der Waals surface area contributed by atoms with Crippen molar-refractivity contribution in [1.29, 1.82) is 0 Å². The fourth-order valence-electron chi connectivity index (χ4n) is 8.06. The van der Waals surface area contributed by atoms with Crippen molar-refractivity contribution < 1.29 is 14.6 Å². The number of nitrogens with zero attached hydrogens (tertiary/aromatic N) is 2. The van der Waals surface area contributed by atoms with E-state index < -0.39 is 0 Å². The Bertz CT molecular complexity index is 1270. The Kier molecular flexibility index (Phi) is 5.34. The van der Waals surface area contributed by atoms with Crippen LogP contribution in [-0.4, -0.2) is 59.1 Å². The SMILES string of the molecule is C=CCN1CC[C@]23c4c5ccc(O)c4O[C@H]2[C@@H](N(C)C(=O)C=Cc2cccc(C)c2)CC[C@@]3(C)[C@H]1C5. The summed E-state index contributed by atoms with van der Waals surface area (Å²) in [7, 11) is 1.91. The van der Waals surface area contributed by atoms with Gasteiger partial charge in [-0.2, -0.15) is 0 Å². The van der Waals surface area contributed by atoms with Gasteiger partial charge in [-0.3, -0.25) is 9.69 Å². The lowest BCUT2D eigenvalue weighted by molar-refractivity contribution is -0.149. The molecule has 4 aliphatic rings. The smallest absolute Gasteiger partial charge is 0.246 e. The first-order valence-electron chi connectivity index (χ1n) is 13.2. The van der Waals surface area contributed by atoms with E-state index in [4.69, 9.17) is 4.74 Å². The third-order valence-corrected chi connectivity index (χ3v) is 9.78. The van der Waals surface area contributed by atoms with E-state index in [1.165, 1.54) is 16.7 Å². The normalized spacial score (nSPS) is 32.1. The number of benzene rings is 2. The molecule has 2 aliphatic carbocycles. The van der Waals surface area contributed by atoms with E-state index in [9.17, 15) is 9.90 Å². The molecule has 0 radical (unpaired) electrons. The monoisotopic (exact) mass is 484 g/mol. The maximum atomic E-state index is 13.4. The number of aryl methyl sites for hydroxylation is 1. The highest BCUT2D eigenvalue weighted by Gasteiger charge is 2.71. The summed E-state index contributed by atoms with van der Waals surface area (Å²) in [6.07, 6.45) is 9.24. The molecule has 1 saturated heterocycles. The van der Waals surface area contributed by atoms with Crippen LogP contribution in [0.5, 0.6) is 11.5 Å². The standard InChI is InChI=1S/C31H36N2O3/c1-5-16-33-17-15-31-27-22-10-11-24(34)28(27)36-29(31)23(13-14-30(31,3)25(33)19-22)32(4)26(35)12-9-21-8-6-7-20(2)18-21/h5-12,18,23,25,29,34H,1,13-17,19H2,2-4H3/t23-,25+,29-,30-,31-/m0/s1. The molecular weight excluding hydrogens is 448 g/mol. The molecule has 2 fully saturated rings. The molecule has 1 amide bonds. The minimum atomic E-state index is -0.214. The first-order chi connectivity index (χ1) is 17.3. The van der Waals surface area contributed by atoms with Gasteiger partial charge in [-0.05, 0) is 67.8 Å². The largest absolute Gasteiger partial charge is 0.504 e. The van der Waals surface area contributed by atoms with Crippen molar-refractivity contribution in [2.75, 3.05) is 20.1 Å². The average Bonchev–Trinajstić information content (AvgIpc) is 3.21. The van der Waals surface area contributed by atoms with Gasteiger partial charge in [0.1, 0.15) is 6.10 Å². The fourth-order valence-corrected chi connectivity index (χ4v) is 8.06. The van der Waals surface area contributed by atoms with Crippen LogP contribution in [0.3, 0.4) is 0 Å². The quantitative estimate of drug-likeness (QED) is 0.487. The summed E-state index contributed by atoms with van der Waals surface area (Å²) in [5.41, 5.74) is 4.49. The Morgan fingerprint density at radius 1 is 1.31 bits per heavy atom. The minimum Gasteiger partial charge on any atom is -0.504 e. The minimum absolute atomic E-state index is 0.00274. The van der Waals surface area contributed by atoms with Crippen molar-refractivity contribution in [3.8, 4) is 11.5 Å². The molecule has 5 heteroatoms. The number of carbonyl (C=O) groups is 1. The fraction of sp³-hybridized carbons (Fsp3) is 0.452. The maximum Gasteiger partial charge on any atom is 0.246 e. The van der Waals surface area contributed by atoms with Crippen LogP contribution in [0.25, 0.3) is 6.08 Å². The van der Waals surface area contributed by atoms with Gasteiger partial charge in [0.25, 0.3) is 0 Å². The molecule has 2 aromatic rings. The zero-order chi connectivity index (χ0) is 25.2. The summed E-state index contributed by atoms with van der Waals surface area (Å²) >= 11 is 0. The van der Waals surface area contributed by atoms with E-state index >= 15 is 0 Å². The van der Waals surface area contributed by atoms with E-state index in [-0.39, 0.29) is 34.6 Å². The molecule has 2 bridgehead atoms. The number of aromatic hydroxyl groups is 1. The number of piperidine rings is 1. The predicted octanol–water partition coefficient (Wildman–Crippen LogP) is 4.86. The number of carbonyl (C=O) groups excluding carboxylic acids is 1. The number of ether oxygens (including phenoxy) is 1. The summed E-state index contributed by atoms with van der Waals surface area (Å²) < 4.78 is 6.73. The second kappa shape index (κ2) is 8.24. The number of phenols is 1. The molecule has 5 atom stereocenters. The van der Waals surface area contributed by atoms with E-state index in [0.717, 1.165) is 44.3 Å². The highest BCUT2D eigenvalue weighted by atomic mass is 16.5. The number of phenolic OH excluding ortho intramolecular Hbond substituents is 1. The Hall–Kier alpha value is -3.05. The second-order valence-electron chi connectivity index (χ2n) is 11.4. The van der Waals surface area contributed by atoms with E-state index in [0.29, 0.717) is 11.8 Å². The number of hydrogen-bond donors (Lipinski definition) is 1. The van der Waals surface area contributed by atoms with Crippen LogP contribution in [-0.2, 0) is 16.6 Å². The van der Waals surface area contributed by atoms with Gasteiger partial charge in [-0.1, -0.05) is 48.9 Å². The molecule has 2 aliphatic heterocycles. The third-order valence-electron chi connectivity index (χ3n) is 9.78. The van der Waals surface area contributed by atoms with Gasteiger partial charge >= 0.3 is 0 Å². The molecular formula is C31H36N2O3. The van der Waals surface area contributed by atoms with Crippen LogP contribution in [0.15, 0.2) is 55.1 Å². The predicted molar refractivity (Wildman–Crippen MR) is 142 cm³/mol. The van der Waals surface area contributed by atoms with Gasteiger partial charge in [0.05, 0.1) is 6.04 Å². The molecule has 0 aromatic heterocycles.